The van der Waals surface area contributed by atoms with E-state index in [-0.39, 0.29) is 35.9 Å². The summed E-state index contributed by atoms with van der Waals surface area (Å²) in [6, 6.07) is 1.63. The zero-order valence-corrected chi connectivity index (χ0v) is 13.9. The van der Waals surface area contributed by atoms with E-state index in [2.05, 4.69) is 4.98 Å². The van der Waals surface area contributed by atoms with Gasteiger partial charge in [0.2, 0.25) is 0 Å². The molecular formula is C14H15F3N2O5S. The summed E-state index contributed by atoms with van der Waals surface area (Å²) in [7, 11) is -3.72. The predicted molar refractivity (Wildman–Crippen MR) is 84.1 cm³/mol. The number of sulfone groups is 1. The van der Waals surface area contributed by atoms with E-state index in [0.717, 1.165) is 12.3 Å². The molecule has 25 heavy (non-hydrogen) atoms. The van der Waals surface area contributed by atoms with Gasteiger partial charge in [-0.3, -0.25) is 4.79 Å². The monoisotopic (exact) mass is 380 g/mol. The van der Waals surface area contributed by atoms with E-state index in [0.29, 0.717) is 10.6 Å². The number of benzene rings is 1. The van der Waals surface area contributed by atoms with Crippen molar-refractivity contribution in [2.75, 3.05) is 12.9 Å². The lowest BCUT2D eigenvalue weighted by atomic mass is 10.00. The molecule has 0 saturated heterocycles. The highest BCUT2D eigenvalue weighted by atomic mass is 32.2. The van der Waals surface area contributed by atoms with Gasteiger partial charge in [0.05, 0.1) is 16.5 Å². The highest BCUT2D eigenvalue weighted by molar-refractivity contribution is 7.89. The largest absolute Gasteiger partial charge is 0.416 e. The van der Waals surface area contributed by atoms with Crippen LogP contribution in [-0.2, 0) is 28.3 Å². The van der Waals surface area contributed by atoms with E-state index in [1.165, 1.54) is 0 Å². The summed E-state index contributed by atoms with van der Waals surface area (Å²) in [5.41, 5.74) is -3.68. The van der Waals surface area contributed by atoms with Gasteiger partial charge >= 0.3 is 11.9 Å². The first-order valence-corrected chi connectivity index (χ1v) is 9.15. The second-order valence-corrected chi connectivity index (χ2v) is 7.71. The first kappa shape index (κ1) is 19.2. The molecule has 0 unspecified atom stereocenters. The fraction of sp³-hybridized carbons (Fsp3) is 0.429. The van der Waals surface area contributed by atoms with Gasteiger partial charge in [-0.2, -0.15) is 13.2 Å². The van der Waals surface area contributed by atoms with E-state index in [9.17, 15) is 31.2 Å². The Balaban J connectivity index is 2.80. The van der Waals surface area contributed by atoms with Gasteiger partial charge in [-0.15, -0.1) is 0 Å². The number of alkyl halides is 3. The number of fused-ring (bicyclic) bond motifs is 1. The van der Waals surface area contributed by atoms with Gasteiger partial charge in [0.15, 0.2) is 9.84 Å². The van der Waals surface area contributed by atoms with Crippen LogP contribution in [0.5, 0.6) is 0 Å². The van der Waals surface area contributed by atoms with Crippen molar-refractivity contribution in [3.63, 3.8) is 0 Å². The summed E-state index contributed by atoms with van der Waals surface area (Å²) in [6.07, 6.45) is -3.97. The van der Waals surface area contributed by atoms with Crippen LogP contribution in [0.4, 0.5) is 13.2 Å². The van der Waals surface area contributed by atoms with Crippen LogP contribution >= 0.6 is 0 Å². The van der Waals surface area contributed by atoms with Crippen LogP contribution in [-0.4, -0.2) is 35.9 Å². The number of aliphatic hydroxyl groups is 1. The Kier molecular flexibility index (Phi) is 5.09. The number of aryl methyl sites for hydroxylation is 1. The van der Waals surface area contributed by atoms with E-state index >= 15 is 0 Å². The molecule has 0 spiro atoms. The highest BCUT2D eigenvalue weighted by Crippen LogP contribution is 2.34. The molecule has 11 heteroatoms. The molecule has 0 saturated carbocycles. The van der Waals surface area contributed by atoms with Crippen molar-refractivity contribution in [3.8, 4) is 0 Å². The molecule has 1 heterocycles. The number of nitrogens with zero attached hydrogens (tertiary/aromatic N) is 1. The average molecular weight is 380 g/mol. The van der Waals surface area contributed by atoms with Gasteiger partial charge in [0.1, 0.15) is 5.88 Å². The van der Waals surface area contributed by atoms with Gasteiger partial charge in [-0.25, -0.2) is 17.8 Å². The number of aliphatic hydroxyl groups excluding tert-OH is 1. The first-order valence-electron chi connectivity index (χ1n) is 7.09. The normalized spacial score (nSPS) is 12.7. The van der Waals surface area contributed by atoms with Crippen molar-refractivity contribution in [1.29, 1.82) is 0 Å². The van der Waals surface area contributed by atoms with Gasteiger partial charge < -0.3 is 10.1 Å². The van der Waals surface area contributed by atoms with Gasteiger partial charge in [-0.05, 0) is 30.5 Å². The fourth-order valence-electron chi connectivity index (χ4n) is 2.44. The summed E-state index contributed by atoms with van der Waals surface area (Å²) in [5, 5.41) is 8.60. The lowest BCUT2D eigenvalue weighted by Crippen LogP contribution is -2.37. The third-order valence-electron chi connectivity index (χ3n) is 3.48. The SMILES string of the molecule is CS(=O)(=O)Cn1c(=O)[nH]c2cc(C(F)(F)F)c(CCCO)cc2c1=O. The van der Waals surface area contributed by atoms with E-state index < -0.39 is 38.7 Å². The Morgan fingerprint density at radius 3 is 2.40 bits per heavy atom. The number of nitrogens with one attached hydrogen (secondary N) is 1. The Hall–Kier alpha value is -2.14. The Morgan fingerprint density at radius 2 is 1.88 bits per heavy atom. The van der Waals surface area contributed by atoms with Gasteiger partial charge in [0.25, 0.3) is 5.56 Å². The van der Waals surface area contributed by atoms with Crippen molar-refractivity contribution in [3.05, 3.63) is 44.1 Å². The minimum atomic E-state index is -4.71. The molecule has 1 aromatic carbocycles. The van der Waals surface area contributed by atoms with Crippen molar-refractivity contribution in [1.82, 2.24) is 9.55 Å². The lowest BCUT2D eigenvalue weighted by Gasteiger charge is -2.14. The Morgan fingerprint density at radius 1 is 1.24 bits per heavy atom. The van der Waals surface area contributed by atoms with Crippen molar-refractivity contribution < 1.29 is 26.7 Å². The van der Waals surface area contributed by atoms with Gasteiger partial charge in [-0.1, -0.05) is 0 Å². The van der Waals surface area contributed by atoms with Crippen LogP contribution in [0.15, 0.2) is 21.7 Å². The topological polar surface area (TPSA) is 109 Å². The molecule has 0 amide bonds. The minimum absolute atomic E-state index is 0.0511. The number of rotatable bonds is 5. The van der Waals surface area contributed by atoms with Gasteiger partial charge in [0, 0.05) is 12.9 Å². The molecule has 1 aromatic heterocycles. The number of aromatic amines is 1. The first-order chi connectivity index (χ1) is 11.4. The van der Waals surface area contributed by atoms with Crippen LogP contribution in [0.2, 0.25) is 0 Å². The van der Waals surface area contributed by atoms with E-state index in [4.69, 9.17) is 5.11 Å². The summed E-state index contributed by atoms with van der Waals surface area (Å²) in [5.74, 6) is -0.885. The highest BCUT2D eigenvalue weighted by Gasteiger charge is 2.34. The molecule has 0 aliphatic rings. The summed E-state index contributed by atoms with van der Waals surface area (Å²) < 4.78 is 62.7. The number of H-pyrrole nitrogens is 1. The Bertz CT molecular complexity index is 1020. The van der Waals surface area contributed by atoms with Crippen LogP contribution in [0, 0.1) is 0 Å². The molecule has 0 aliphatic carbocycles. The van der Waals surface area contributed by atoms with Crippen LogP contribution in [0.1, 0.15) is 17.5 Å². The fourth-order valence-corrected chi connectivity index (χ4v) is 3.14. The summed E-state index contributed by atoms with van der Waals surface area (Å²) in [4.78, 5) is 26.4. The lowest BCUT2D eigenvalue weighted by molar-refractivity contribution is -0.138. The number of hydrogen-bond donors (Lipinski definition) is 2. The molecule has 138 valence electrons. The second kappa shape index (κ2) is 6.64. The average Bonchev–Trinajstić information content (AvgIpc) is 2.47. The van der Waals surface area contributed by atoms with Crippen molar-refractivity contribution in [2.24, 2.45) is 0 Å². The zero-order valence-electron chi connectivity index (χ0n) is 13.1. The smallest absolute Gasteiger partial charge is 0.396 e. The zero-order chi connectivity index (χ0) is 19.0. The maximum absolute atomic E-state index is 13.2. The molecule has 0 aliphatic heterocycles. The maximum Gasteiger partial charge on any atom is 0.416 e. The molecule has 2 aromatic rings. The molecular weight excluding hydrogens is 365 g/mol. The molecule has 0 fully saturated rings. The molecule has 0 bridgehead atoms. The quantitative estimate of drug-likeness (QED) is 0.791. The third kappa shape index (κ3) is 4.28. The number of hydrogen-bond acceptors (Lipinski definition) is 5. The predicted octanol–water partition coefficient (Wildman–Crippen LogP) is 0.636. The number of halogens is 3. The summed E-state index contributed by atoms with van der Waals surface area (Å²) in [6.45, 7) is -0.334. The summed E-state index contributed by atoms with van der Waals surface area (Å²) >= 11 is 0. The molecule has 2 rings (SSSR count). The van der Waals surface area contributed by atoms with Crippen LogP contribution < -0.4 is 11.2 Å². The standard InChI is InChI=1S/C14H15F3N2O5S/c1-25(23,24)7-19-12(21)9-5-8(3-2-4-20)10(14(15,16)17)6-11(9)18-13(19)22/h5-6,20H,2-4,7H2,1H3,(H,18,22). The van der Waals surface area contributed by atoms with E-state index in [1.54, 1.807) is 0 Å². The molecule has 2 N–H and O–H groups in total. The van der Waals surface area contributed by atoms with Crippen LogP contribution in [0.25, 0.3) is 10.9 Å². The van der Waals surface area contributed by atoms with E-state index in [1.807, 2.05) is 0 Å². The second-order valence-electron chi connectivity index (χ2n) is 5.60. The Labute approximate surface area is 139 Å². The van der Waals surface area contributed by atoms with Crippen molar-refractivity contribution >= 4 is 20.7 Å². The molecule has 7 nitrogen and oxygen atoms in total. The van der Waals surface area contributed by atoms with Crippen molar-refractivity contribution in [2.45, 2.75) is 24.9 Å². The maximum atomic E-state index is 13.2. The number of aromatic nitrogens is 2. The van der Waals surface area contributed by atoms with Crippen LogP contribution in [0.3, 0.4) is 0 Å². The third-order valence-corrected chi connectivity index (χ3v) is 4.21. The molecule has 0 radical (unpaired) electrons. The minimum Gasteiger partial charge on any atom is -0.396 e. The molecule has 0 atom stereocenters.